The number of aliphatic hydroxyl groups excluding tert-OH is 3. The lowest BCUT2D eigenvalue weighted by Crippen LogP contribution is -2.46. The predicted octanol–water partition coefficient (Wildman–Crippen LogP) is -2.14. The van der Waals surface area contributed by atoms with Crippen molar-refractivity contribution >= 4 is 74.9 Å². The van der Waals surface area contributed by atoms with Gasteiger partial charge in [-0.2, -0.15) is 4.31 Å². The van der Waals surface area contributed by atoms with Gasteiger partial charge in [0.2, 0.25) is 11.8 Å². The molecule has 1 saturated heterocycles. The first-order valence-electron chi connectivity index (χ1n) is 16.1. The molecule has 56 heavy (non-hydrogen) atoms. The van der Waals surface area contributed by atoms with Crippen molar-refractivity contribution in [1.29, 1.82) is 0 Å². The number of thioether (sulfide) groups is 1. The highest BCUT2D eigenvalue weighted by Gasteiger charge is 2.50. The fourth-order valence-corrected chi connectivity index (χ4v) is 8.29. The van der Waals surface area contributed by atoms with Gasteiger partial charge >= 0.3 is 23.5 Å². The molecule has 0 radical (unpaired) electrons. The van der Waals surface area contributed by atoms with E-state index >= 15 is 0 Å². The maximum absolute atomic E-state index is 12.7. The molecule has 316 valence electrons. The number of imidazole rings is 1. The number of nitrogens with one attached hydrogen (secondary N) is 2. The van der Waals surface area contributed by atoms with E-state index in [4.69, 9.17) is 24.6 Å². The zero-order valence-corrected chi connectivity index (χ0v) is 33.2. The SMILES string of the molecule is CC(C(=O)CO)C(=O)SCCNC(=O)CCNC(=O)[C@H](O)C(C)(C)COP(=O)(O)OP(=O)(O)OC[C@H]1O[C@@H](n2cnc3c(N)ncnc32)[C@H](O)[C@@H]1OP(=O)(O)O. The summed E-state index contributed by atoms with van der Waals surface area (Å²) in [4.78, 5) is 98.7. The molecule has 2 amide bonds. The number of fused-ring (bicyclic) bond motifs is 1. The molecular formula is C26H42N7O19P3S. The number of anilines is 1. The standard InChI is InChI=1S/C26H42N7O19P3S/c1-13(14(35)8-34)25(40)56-7-6-28-16(36)4-5-29-23(39)20(38)26(2,3)10-49-55(46,47)52-54(44,45)48-9-15-19(51-53(41,42)43)18(37)24(50-15)33-12-32-17-21(27)30-11-31-22(17)33/h11-13,15,18-20,24,34,37-38H,4-10H2,1-3H3,(H,28,36)(H,29,39)(H,44,45)(H,46,47)(H2,27,30,31)(H2,41,42,43)/t13?,15-,18-,19-,20+,24-/m1/s1. The first-order chi connectivity index (χ1) is 25.9. The van der Waals surface area contributed by atoms with Gasteiger partial charge in [-0.1, -0.05) is 25.6 Å². The number of Topliss-reactive ketones (excluding diaryl/α,β-unsaturated/α-hetero) is 1. The molecule has 2 aromatic rings. The highest BCUT2D eigenvalue weighted by atomic mass is 32.2. The molecule has 0 bridgehead atoms. The third-order valence-electron chi connectivity index (χ3n) is 7.74. The average Bonchev–Trinajstić information content (AvgIpc) is 3.67. The number of phosphoric ester groups is 3. The van der Waals surface area contributed by atoms with Gasteiger partial charge in [-0.3, -0.25) is 37.3 Å². The average molecular weight is 882 g/mol. The fraction of sp³-hybridized carbons (Fsp3) is 0.654. The van der Waals surface area contributed by atoms with Gasteiger partial charge in [-0.25, -0.2) is 28.6 Å². The lowest BCUT2D eigenvalue weighted by Gasteiger charge is -2.30. The Bertz CT molecular complexity index is 1880. The normalized spacial score (nSPS) is 22.2. The summed E-state index contributed by atoms with van der Waals surface area (Å²) < 4.78 is 61.9. The first kappa shape index (κ1) is 47.6. The van der Waals surface area contributed by atoms with Crippen molar-refractivity contribution in [1.82, 2.24) is 30.2 Å². The molecule has 26 nitrogen and oxygen atoms in total. The van der Waals surface area contributed by atoms with Crippen molar-refractivity contribution in [3.8, 4) is 0 Å². The molecule has 1 fully saturated rings. The number of ketones is 1. The highest BCUT2D eigenvalue weighted by molar-refractivity contribution is 8.13. The van der Waals surface area contributed by atoms with E-state index in [1.807, 2.05) is 0 Å². The number of nitrogens with zero attached hydrogens (tertiary/aromatic N) is 4. The summed E-state index contributed by atoms with van der Waals surface area (Å²) in [5, 5.41) is 34.5. The van der Waals surface area contributed by atoms with Gasteiger partial charge < -0.3 is 56.0 Å². The molecule has 8 atom stereocenters. The number of nitrogen functional groups attached to an aromatic ring is 1. The number of phosphoric acid groups is 3. The number of nitrogens with two attached hydrogens (primary N) is 1. The molecule has 30 heteroatoms. The van der Waals surface area contributed by atoms with Crippen molar-refractivity contribution < 1.29 is 90.4 Å². The van der Waals surface area contributed by atoms with Gasteiger partial charge in [0.05, 0.1) is 25.5 Å². The summed E-state index contributed by atoms with van der Waals surface area (Å²) in [5.41, 5.74) is 4.19. The molecule has 0 saturated carbocycles. The van der Waals surface area contributed by atoms with E-state index in [-0.39, 0.29) is 42.2 Å². The number of aromatic nitrogens is 4. The Labute approximate surface area is 321 Å². The monoisotopic (exact) mass is 881 g/mol. The lowest BCUT2D eigenvalue weighted by atomic mass is 9.87. The van der Waals surface area contributed by atoms with E-state index in [1.165, 1.54) is 20.8 Å². The maximum Gasteiger partial charge on any atom is 0.481 e. The van der Waals surface area contributed by atoms with Crippen LogP contribution in [-0.2, 0) is 55.5 Å². The Balaban J connectivity index is 1.49. The van der Waals surface area contributed by atoms with Gasteiger partial charge in [0.15, 0.2) is 28.6 Å². The Morgan fingerprint density at radius 3 is 2.36 bits per heavy atom. The zero-order valence-electron chi connectivity index (χ0n) is 29.7. The quantitative estimate of drug-likeness (QED) is 0.0343. The summed E-state index contributed by atoms with van der Waals surface area (Å²) in [7, 11) is -16.4. The van der Waals surface area contributed by atoms with E-state index in [0.717, 1.165) is 29.0 Å². The summed E-state index contributed by atoms with van der Waals surface area (Å²) in [6.07, 6.45) is -7.11. The van der Waals surface area contributed by atoms with Crippen molar-refractivity contribution in [2.75, 3.05) is 44.4 Å². The summed E-state index contributed by atoms with van der Waals surface area (Å²) >= 11 is 0.790. The minimum absolute atomic E-state index is 0.0189. The van der Waals surface area contributed by atoms with Crippen LogP contribution < -0.4 is 16.4 Å². The van der Waals surface area contributed by atoms with Gasteiger partial charge in [0.25, 0.3) is 0 Å². The Kier molecular flexibility index (Phi) is 16.8. The second-order valence-corrected chi connectivity index (χ2v) is 17.9. The fourth-order valence-electron chi connectivity index (χ4n) is 4.68. The van der Waals surface area contributed by atoms with E-state index < -0.39 is 108 Å². The second kappa shape index (κ2) is 19.8. The number of rotatable bonds is 22. The molecule has 1 aliphatic heterocycles. The minimum Gasteiger partial charge on any atom is -0.389 e. The molecule has 3 heterocycles. The third-order valence-corrected chi connectivity index (χ3v) is 11.9. The summed E-state index contributed by atoms with van der Waals surface area (Å²) in [6, 6.07) is 0. The Morgan fingerprint density at radius 1 is 1.05 bits per heavy atom. The van der Waals surface area contributed by atoms with Gasteiger partial charge in [-0.15, -0.1) is 0 Å². The molecule has 1 aliphatic rings. The molecule has 0 aromatic carbocycles. The van der Waals surface area contributed by atoms with Crippen LogP contribution in [0, 0.1) is 11.3 Å². The van der Waals surface area contributed by atoms with Gasteiger partial charge in [0.1, 0.15) is 42.9 Å². The van der Waals surface area contributed by atoms with Crippen molar-refractivity contribution in [3.63, 3.8) is 0 Å². The topological polar surface area (TPSA) is 401 Å². The van der Waals surface area contributed by atoms with Crippen LogP contribution in [0.5, 0.6) is 0 Å². The van der Waals surface area contributed by atoms with Crippen LogP contribution in [0.4, 0.5) is 5.82 Å². The zero-order chi connectivity index (χ0) is 42.2. The molecule has 3 unspecified atom stereocenters. The number of aliphatic hydroxyl groups is 3. The molecule has 2 aromatic heterocycles. The number of carbonyl (C=O) groups is 4. The van der Waals surface area contributed by atoms with E-state index in [2.05, 4.69) is 34.4 Å². The number of amides is 2. The molecule has 0 spiro atoms. The van der Waals surface area contributed by atoms with E-state index in [9.17, 15) is 62.7 Å². The van der Waals surface area contributed by atoms with Crippen LogP contribution >= 0.6 is 35.2 Å². The van der Waals surface area contributed by atoms with Crippen molar-refractivity contribution in [3.05, 3.63) is 12.7 Å². The first-order valence-corrected chi connectivity index (χ1v) is 21.6. The van der Waals surface area contributed by atoms with Gasteiger partial charge in [0, 0.05) is 30.7 Å². The number of hydrogen-bond donors (Lipinski definition) is 10. The van der Waals surface area contributed by atoms with E-state index in [0.29, 0.717) is 0 Å². The Morgan fingerprint density at radius 2 is 1.71 bits per heavy atom. The molecular weight excluding hydrogens is 839 g/mol. The van der Waals surface area contributed by atoms with Crippen molar-refractivity contribution in [2.45, 2.75) is 57.8 Å². The number of carbonyl (C=O) groups excluding carboxylic acids is 4. The van der Waals surface area contributed by atoms with Crippen LogP contribution in [0.3, 0.4) is 0 Å². The molecule has 0 aliphatic carbocycles. The van der Waals surface area contributed by atoms with Gasteiger partial charge in [-0.05, 0) is 6.92 Å². The van der Waals surface area contributed by atoms with Crippen LogP contribution in [0.25, 0.3) is 11.2 Å². The molecule has 3 rings (SSSR count). The Hall–Kier alpha value is -2.81. The lowest BCUT2D eigenvalue weighted by molar-refractivity contribution is -0.137. The number of hydrogen-bond acceptors (Lipinski definition) is 20. The van der Waals surface area contributed by atoms with Crippen LogP contribution in [0.2, 0.25) is 0 Å². The molecule has 11 N–H and O–H groups in total. The highest BCUT2D eigenvalue weighted by Crippen LogP contribution is 2.61. The minimum atomic E-state index is -5.59. The largest absolute Gasteiger partial charge is 0.481 e. The maximum atomic E-state index is 12.7. The predicted molar refractivity (Wildman–Crippen MR) is 188 cm³/mol. The third kappa shape index (κ3) is 13.7. The summed E-state index contributed by atoms with van der Waals surface area (Å²) in [5.74, 6) is -3.11. The van der Waals surface area contributed by atoms with Crippen LogP contribution in [0.1, 0.15) is 33.4 Å². The van der Waals surface area contributed by atoms with Crippen molar-refractivity contribution in [2.24, 2.45) is 11.3 Å². The smallest absolute Gasteiger partial charge is 0.389 e. The number of ether oxygens (including phenoxy) is 1. The van der Waals surface area contributed by atoms with Crippen LogP contribution in [-0.4, -0.2) is 140 Å². The van der Waals surface area contributed by atoms with E-state index in [1.54, 1.807) is 0 Å². The summed E-state index contributed by atoms with van der Waals surface area (Å²) in [6.45, 7) is 0.738. The van der Waals surface area contributed by atoms with Crippen LogP contribution in [0.15, 0.2) is 12.7 Å². The second-order valence-electron chi connectivity index (χ2n) is 12.6.